The fourth-order valence-electron chi connectivity index (χ4n) is 3.31. The number of rotatable bonds is 7. The second-order valence-corrected chi connectivity index (χ2v) is 7.57. The monoisotopic (exact) mass is 352 g/mol. The van der Waals surface area contributed by atoms with E-state index < -0.39 is 0 Å². The van der Waals surface area contributed by atoms with E-state index in [1.807, 2.05) is 0 Å². The van der Waals surface area contributed by atoms with Crippen molar-refractivity contribution >= 4 is 15.9 Å². The maximum Gasteiger partial charge on any atom is 0.0343 e. The van der Waals surface area contributed by atoms with Crippen molar-refractivity contribution in [1.82, 2.24) is 10.2 Å². The quantitative estimate of drug-likeness (QED) is 0.761. The lowest BCUT2D eigenvalue weighted by molar-refractivity contribution is 0.166. The molecule has 1 fully saturated rings. The molecule has 0 aliphatic carbocycles. The normalized spacial score (nSPS) is 19.8. The molecule has 2 rings (SSSR count). The molecule has 1 aromatic carbocycles. The molecule has 1 saturated heterocycles. The lowest BCUT2D eigenvalue weighted by atomic mass is 10.00. The van der Waals surface area contributed by atoms with E-state index >= 15 is 0 Å². The van der Waals surface area contributed by atoms with Crippen molar-refractivity contribution in [2.45, 2.75) is 58.0 Å². The number of hydrogen-bond donors (Lipinski definition) is 1. The van der Waals surface area contributed by atoms with Crippen LogP contribution in [0.15, 0.2) is 28.7 Å². The third kappa shape index (κ3) is 4.54. The number of nitrogens with zero attached hydrogens (tertiary/aromatic N) is 1. The van der Waals surface area contributed by atoms with Gasteiger partial charge in [0.05, 0.1) is 0 Å². The first kappa shape index (κ1) is 17.0. The van der Waals surface area contributed by atoms with Gasteiger partial charge in [0.15, 0.2) is 0 Å². The first-order chi connectivity index (χ1) is 10.0. The van der Waals surface area contributed by atoms with Crippen molar-refractivity contribution in [3.63, 3.8) is 0 Å². The molecule has 1 aromatic rings. The summed E-state index contributed by atoms with van der Waals surface area (Å²) < 4.78 is 1.22. The summed E-state index contributed by atoms with van der Waals surface area (Å²) in [5.41, 5.74) is 1.77. The summed E-state index contributed by atoms with van der Waals surface area (Å²) >= 11 is 3.71. The average molecular weight is 353 g/mol. The number of benzene rings is 1. The van der Waals surface area contributed by atoms with E-state index in [1.165, 1.54) is 48.8 Å². The molecule has 0 radical (unpaired) electrons. The van der Waals surface area contributed by atoms with Gasteiger partial charge in [-0.25, -0.2) is 0 Å². The van der Waals surface area contributed by atoms with Gasteiger partial charge in [0.1, 0.15) is 0 Å². The largest absolute Gasteiger partial charge is 0.310 e. The van der Waals surface area contributed by atoms with Gasteiger partial charge < -0.3 is 5.32 Å². The van der Waals surface area contributed by atoms with Crippen LogP contribution in [0.25, 0.3) is 0 Å². The van der Waals surface area contributed by atoms with Crippen molar-refractivity contribution in [1.29, 1.82) is 0 Å². The van der Waals surface area contributed by atoms with Crippen LogP contribution in [-0.4, -0.2) is 30.1 Å². The first-order valence-electron chi connectivity index (χ1n) is 8.27. The van der Waals surface area contributed by atoms with Crippen molar-refractivity contribution < 1.29 is 0 Å². The average Bonchev–Trinajstić information content (AvgIpc) is 2.79. The summed E-state index contributed by atoms with van der Waals surface area (Å²) in [7, 11) is 0. The number of likely N-dealkylation sites (tertiary alicyclic amines) is 1. The van der Waals surface area contributed by atoms with Crippen LogP contribution in [0.3, 0.4) is 0 Å². The lowest BCUT2D eigenvalue weighted by Crippen LogP contribution is -2.40. The zero-order chi connectivity index (χ0) is 15.3. The van der Waals surface area contributed by atoms with Gasteiger partial charge in [-0.05, 0) is 64.3 Å². The highest BCUT2D eigenvalue weighted by atomic mass is 79.9. The second-order valence-electron chi connectivity index (χ2n) is 6.72. The fourth-order valence-corrected chi connectivity index (χ4v) is 3.87. The molecular formula is C18H29BrN2. The molecule has 1 atom stereocenters. The van der Waals surface area contributed by atoms with Gasteiger partial charge in [0.25, 0.3) is 0 Å². The van der Waals surface area contributed by atoms with Gasteiger partial charge in [-0.3, -0.25) is 4.90 Å². The minimum atomic E-state index is 0.378. The van der Waals surface area contributed by atoms with Crippen molar-refractivity contribution in [2.24, 2.45) is 0 Å². The smallest absolute Gasteiger partial charge is 0.0343 e. The zero-order valence-corrected chi connectivity index (χ0v) is 15.2. The van der Waals surface area contributed by atoms with Crippen LogP contribution in [0.2, 0.25) is 0 Å². The molecule has 0 bridgehead atoms. The Bertz CT molecular complexity index is 445. The van der Waals surface area contributed by atoms with E-state index in [2.05, 4.69) is 71.2 Å². The lowest BCUT2D eigenvalue weighted by Gasteiger charge is -2.33. The Labute approximate surface area is 138 Å². The van der Waals surface area contributed by atoms with E-state index in [0.29, 0.717) is 11.6 Å². The Morgan fingerprint density at radius 3 is 2.71 bits per heavy atom. The van der Waals surface area contributed by atoms with E-state index in [-0.39, 0.29) is 0 Å². The molecule has 1 unspecified atom stereocenters. The van der Waals surface area contributed by atoms with Gasteiger partial charge in [-0.15, -0.1) is 0 Å². The Morgan fingerprint density at radius 2 is 2.10 bits per heavy atom. The fraction of sp³-hybridized carbons (Fsp3) is 0.667. The summed E-state index contributed by atoms with van der Waals surface area (Å²) in [5.74, 6) is 0. The number of halogens is 1. The molecule has 1 aliphatic rings. The maximum absolute atomic E-state index is 3.72. The third-order valence-electron chi connectivity index (χ3n) is 4.68. The Hall–Kier alpha value is -0.380. The number of nitrogens with one attached hydrogen (secondary N) is 1. The molecule has 1 heterocycles. The highest BCUT2D eigenvalue weighted by molar-refractivity contribution is 9.10. The van der Waals surface area contributed by atoms with Crippen LogP contribution < -0.4 is 5.32 Å². The van der Waals surface area contributed by atoms with Gasteiger partial charge in [0, 0.05) is 22.6 Å². The van der Waals surface area contributed by atoms with E-state index in [1.54, 1.807) is 0 Å². The SMILES string of the molecule is CCCNC(CCN1CCCC1(C)C)c1ccccc1Br. The number of hydrogen-bond acceptors (Lipinski definition) is 2. The molecule has 1 N–H and O–H groups in total. The van der Waals surface area contributed by atoms with Gasteiger partial charge in [-0.2, -0.15) is 0 Å². The molecule has 0 amide bonds. The third-order valence-corrected chi connectivity index (χ3v) is 5.40. The summed E-state index contributed by atoms with van der Waals surface area (Å²) in [6.45, 7) is 10.5. The molecule has 3 heteroatoms. The topological polar surface area (TPSA) is 15.3 Å². The summed E-state index contributed by atoms with van der Waals surface area (Å²) in [6, 6.07) is 9.06. The van der Waals surface area contributed by atoms with Crippen LogP contribution in [-0.2, 0) is 0 Å². The summed E-state index contributed by atoms with van der Waals surface area (Å²) in [5, 5.41) is 3.72. The van der Waals surface area contributed by atoms with Crippen LogP contribution >= 0.6 is 15.9 Å². The molecule has 1 aliphatic heterocycles. The molecule has 118 valence electrons. The van der Waals surface area contributed by atoms with Crippen LogP contribution in [0.1, 0.15) is 58.1 Å². The first-order valence-corrected chi connectivity index (χ1v) is 9.07. The van der Waals surface area contributed by atoms with Gasteiger partial charge in [0.2, 0.25) is 0 Å². The van der Waals surface area contributed by atoms with E-state index in [4.69, 9.17) is 0 Å². The zero-order valence-electron chi connectivity index (χ0n) is 13.7. The summed E-state index contributed by atoms with van der Waals surface area (Å²) in [6.07, 6.45) is 5.02. The van der Waals surface area contributed by atoms with Gasteiger partial charge >= 0.3 is 0 Å². The molecule has 21 heavy (non-hydrogen) atoms. The summed E-state index contributed by atoms with van der Waals surface area (Å²) in [4.78, 5) is 2.66. The second kappa shape index (κ2) is 7.75. The molecular weight excluding hydrogens is 324 g/mol. The predicted octanol–water partition coefficient (Wildman–Crippen LogP) is 4.75. The predicted molar refractivity (Wildman–Crippen MR) is 94.7 cm³/mol. The van der Waals surface area contributed by atoms with Crippen molar-refractivity contribution in [2.75, 3.05) is 19.6 Å². The van der Waals surface area contributed by atoms with Crippen LogP contribution in [0.5, 0.6) is 0 Å². The highest BCUT2D eigenvalue weighted by Crippen LogP contribution is 2.31. The minimum absolute atomic E-state index is 0.378. The van der Waals surface area contributed by atoms with E-state index in [0.717, 1.165) is 6.54 Å². The molecule has 0 spiro atoms. The van der Waals surface area contributed by atoms with E-state index in [9.17, 15) is 0 Å². The van der Waals surface area contributed by atoms with Crippen LogP contribution in [0, 0.1) is 0 Å². The Morgan fingerprint density at radius 1 is 1.33 bits per heavy atom. The van der Waals surface area contributed by atoms with Crippen molar-refractivity contribution in [3.05, 3.63) is 34.3 Å². The van der Waals surface area contributed by atoms with Gasteiger partial charge in [-0.1, -0.05) is 41.1 Å². The molecule has 0 aromatic heterocycles. The standard InChI is InChI=1S/C18H29BrN2/c1-4-12-20-17(15-8-5-6-9-16(15)19)10-14-21-13-7-11-18(21,2)3/h5-6,8-9,17,20H,4,7,10-14H2,1-3H3. The van der Waals surface area contributed by atoms with Crippen LogP contribution in [0.4, 0.5) is 0 Å². The maximum atomic E-state index is 3.72. The Kier molecular flexibility index (Phi) is 6.27. The Balaban J connectivity index is 2.02. The molecule has 0 saturated carbocycles. The minimum Gasteiger partial charge on any atom is -0.310 e. The van der Waals surface area contributed by atoms with Crippen molar-refractivity contribution in [3.8, 4) is 0 Å². The molecule has 2 nitrogen and oxygen atoms in total. The highest BCUT2D eigenvalue weighted by Gasteiger charge is 2.31.